The number of hydrogen-bond acceptors (Lipinski definition) is 5. The highest BCUT2D eigenvalue weighted by molar-refractivity contribution is 7.17. The fourth-order valence-corrected chi connectivity index (χ4v) is 4.67. The number of aryl methyl sites for hydroxylation is 1. The molecule has 0 amide bonds. The number of aromatic nitrogens is 4. The summed E-state index contributed by atoms with van der Waals surface area (Å²) in [7, 11) is 1.76. The molecule has 24 heavy (non-hydrogen) atoms. The molecule has 1 unspecified atom stereocenters. The fraction of sp³-hybridized carbons (Fsp3) is 0.588. The molecule has 1 N–H and O–H groups in total. The van der Waals surface area contributed by atoms with E-state index < -0.39 is 0 Å². The van der Waals surface area contributed by atoms with Crippen molar-refractivity contribution in [1.29, 1.82) is 0 Å². The molecule has 0 bridgehead atoms. The lowest BCUT2D eigenvalue weighted by atomic mass is 9.84. The molecule has 1 aliphatic rings. The predicted octanol–water partition coefficient (Wildman–Crippen LogP) is 2.70. The van der Waals surface area contributed by atoms with Crippen LogP contribution in [0.5, 0.6) is 0 Å². The van der Waals surface area contributed by atoms with Crippen molar-refractivity contribution in [2.45, 2.75) is 51.6 Å². The van der Waals surface area contributed by atoms with Crippen molar-refractivity contribution in [2.24, 2.45) is 13.0 Å². The molecule has 3 aromatic rings. The molecule has 1 atom stereocenters. The Kier molecular flexibility index (Phi) is 4.14. The van der Waals surface area contributed by atoms with E-state index in [0.29, 0.717) is 18.4 Å². The second kappa shape index (κ2) is 6.29. The molecule has 0 radical (unpaired) electrons. The zero-order valence-corrected chi connectivity index (χ0v) is 15.0. The van der Waals surface area contributed by atoms with E-state index in [1.54, 1.807) is 11.6 Å². The highest BCUT2D eigenvalue weighted by Gasteiger charge is 2.21. The second-order valence-electron chi connectivity index (χ2n) is 6.82. The van der Waals surface area contributed by atoms with E-state index in [0.717, 1.165) is 22.0 Å². The predicted molar refractivity (Wildman–Crippen MR) is 96.5 cm³/mol. The first-order valence-electron chi connectivity index (χ1n) is 8.70. The van der Waals surface area contributed by atoms with Crippen LogP contribution in [0.25, 0.3) is 16.0 Å². The van der Waals surface area contributed by atoms with E-state index in [9.17, 15) is 4.79 Å². The minimum Gasteiger partial charge on any atom is -0.307 e. The Morgan fingerprint density at radius 1 is 1.33 bits per heavy atom. The lowest BCUT2D eigenvalue weighted by molar-refractivity contribution is 0.279. The number of nitrogens with one attached hydrogen (secondary N) is 1. The summed E-state index contributed by atoms with van der Waals surface area (Å²) in [5.74, 6) is 2.23. The van der Waals surface area contributed by atoms with Gasteiger partial charge in [-0.05, 0) is 37.1 Å². The van der Waals surface area contributed by atoms with E-state index in [2.05, 4.69) is 22.4 Å². The van der Waals surface area contributed by atoms with Crippen LogP contribution in [-0.2, 0) is 13.6 Å². The third-order valence-electron chi connectivity index (χ3n) is 5.34. The average molecular weight is 345 g/mol. The highest BCUT2D eigenvalue weighted by Crippen LogP contribution is 2.26. The van der Waals surface area contributed by atoms with Crippen LogP contribution in [0.2, 0.25) is 0 Å². The molecule has 6 nitrogen and oxygen atoms in total. The molecule has 0 aromatic carbocycles. The van der Waals surface area contributed by atoms with Gasteiger partial charge in [0.1, 0.15) is 4.70 Å². The minimum atomic E-state index is -0.00465. The Labute approximate surface area is 144 Å². The van der Waals surface area contributed by atoms with Gasteiger partial charge in [0, 0.05) is 13.1 Å². The summed E-state index contributed by atoms with van der Waals surface area (Å²) in [6.07, 6.45) is 6.71. The first-order valence-corrected chi connectivity index (χ1v) is 9.58. The van der Waals surface area contributed by atoms with Gasteiger partial charge >= 0.3 is 0 Å². The molecule has 3 aromatic heterocycles. The zero-order chi connectivity index (χ0) is 16.7. The van der Waals surface area contributed by atoms with Crippen molar-refractivity contribution in [3.8, 4) is 0 Å². The van der Waals surface area contributed by atoms with Gasteiger partial charge in [-0.25, -0.2) is 0 Å². The Hall–Kier alpha value is -1.73. The van der Waals surface area contributed by atoms with Gasteiger partial charge in [-0.2, -0.15) is 0 Å². The maximum Gasteiger partial charge on any atom is 0.272 e. The van der Waals surface area contributed by atoms with Gasteiger partial charge in [0.05, 0.1) is 12.1 Å². The van der Waals surface area contributed by atoms with Crippen LogP contribution in [0.3, 0.4) is 0 Å². The van der Waals surface area contributed by atoms with E-state index in [4.69, 9.17) is 0 Å². The molecule has 1 fully saturated rings. The molecular formula is C17H23N5OS. The number of rotatable bonds is 4. The second-order valence-corrected chi connectivity index (χ2v) is 7.73. The van der Waals surface area contributed by atoms with Crippen molar-refractivity contribution in [3.63, 3.8) is 0 Å². The third-order valence-corrected chi connectivity index (χ3v) is 6.23. The molecule has 4 rings (SSSR count). The molecule has 0 saturated heterocycles. The smallest absolute Gasteiger partial charge is 0.272 e. The Balaban J connectivity index is 1.64. The van der Waals surface area contributed by atoms with Gasteiger partial charge in [0.15, 0.2) is 5.82 Å². The highest BCUT2D eigenvalue weighted by atomic mass is 32.1. The summed E-state index contributed by atoms with van der Waals surface area (Å²) >= 11 is 1.47. The van der Waals surface area contributed by atoms with Crippen LogP contribution in [0, 0.1) is 5.92 Å². The van der Waals surface area contributed by atoms with Crippen LogP contribution < -0.4 is 10.9 Å². The zero-order valence-electron chi connectivity index (χ0n) is 14.2. The maximum absolute atomic E-state index is 12.4. The van der Waals surface area contributed by atoms with Crippen LogP contribution in [0.1, 0.15) is 44.9 Å². The summed E-state index contributed by atoms with van der Waals surface area (Å²) in [4.78, 5) is 12.4. The Morgan fingerprint density at radius 3 is 2.92 bits per heavy atom. The van der Waals surface area contributed by atoms with Crippen molar-refractivity contribution < 1.29 is 0 Å². The molecule has 0 spiro atoms. The quantitative estimate of drug-likeness (QED) is 0.790. The van der Waals surface area contributed by atoms with Crippen molar-refractivity contribution >= 4 is 27.3 Å². The van der Waals surface area contributed by atoms with E-state index in [1.165, 1.54) is 43.4 Å². The van der Waals surface area contributed by atoms with Crippen LogP contribution in [-0.4, -0.2) is 25.2 Å². The molecule has 3 heterocycles. The number of fused-ring (bicyclic) bond motifs is 3. The number of thiophene rings is 1. The molecule has 0 aliphatic heterocycles. The van der Waals surface area contributed by atoms with Gasteiger partial charge in [0.25, 0.3) is 5.56 Å². The molecule has 1 saturated carbocycles. The monoisotopic (exact) mass is 345 g/mol. The van der Waals surface area contributed by atoms with Crippen molar-refractivity contribution in [3.05, 3.63) is 27.6 Å². The van der Waals surface area contributed by atoms with Crippen LogP contribution in [0.4, 0.5) is 0 Å². The van der Waals surface area contributed by atoms with Crippen molar-refractivity contribution in [2.75, 3.05) is 0 Å². The van der Waals surface area contributed by atoms with E-state index in [1.807, 2.05) is 15.8 Å². The summed E-state index contributed by atoms with van der Waals surface area (Å²) in [5.41, 5.74) is 0.903. The molecule has 7 heteroatoms. The summed E-state index contributed by atoms with van der Waals surface area (Å²) in [6, 6.07) is 2.45. The molecule has 1 aliphatic carbocycles. The topological polar surface area (TPSA) is 64.2 Å². The van der Waals surface area contributed by atoms with Crippen LogP contribution in [0.15, 0.2) is 16.2 Å². The number of nitrogens with zero attached hydrogens (tertiary/aromatic N) is 4. The third kappa shape index (κ3) is 2.56. The fourth-order valence-electron chi connectivity index (χ4n) is 3.82. The molecule has 128 valence electrons. The van der Waals surface area contributed by atoms with Gasteiger partial charge in [-0.3, -0.25) is 13.8 Å². The van der Waals surface area contributed by atoms with E-state index >= 15 is 0 Å². The SMILES string of the molecule is CC(NCc1nnc2n(C)c(=O)c3sccc3n12)C1CCCCC1. The normalized spacial score (nSPS) is 17.8. The largest absolute Gasteiger partial charge is 0.307 e. The molecular weight excluding hydrogens is 322 g/mol. The first-order chi connectivity index (χ1) is 11.7. The Morgan fingerprint density at radius 2 is 2.12 bits per heavy atom. The van der Waals surface area contributed by atoms with Gasteiger partial charge < -0.3 is 5.32 Å². The lowest BCUT2D eigenvalue weighted by Crippen LogP contribution is -2.34. The summed E-state index contributed by atoms with van der Waals surface area (Å²) in [6.45, 7) is 2.94. The summed E-state index contributed by atoms with van der Waals surface area (Å²) in [5, 5.41) is 14.2. The Bertz CT molecular complexity index is 918. The van der Waals surface area contributed by atoms with Crippen molar-refractivity contribution in [1.82, 2.24) is 24.5 Å². The lowest BCUT2D eigenvalue weighted by Gasteiger charge is -2.28. The average Bonchev–Trinajstić information content (AvgIpc) is 3.25. The van der Waals surface area contributed by atoms with Crippen LogP contribution >= 0.6 is 11.3 Å². The van der Waals surface area contributed by atoms with Gasteiger partial charge in [-0.15, -0.1) is 21.5 Å². The van der Waals surface area contributed by atoms with Gasteiger partial charge in [0.2, 0.25) is 5.78 Å². The first kappa shape index (κ1) is 15.8. The minimum absolute atomic E-state index is 0.00465. The number of hydrogen-bond donors (Lipinski definition) is 1. The maximum atomic E-state index is 12.4. The van der Waals surface area contributed by atoms with E-state index in [-0.39, 0.29) is 5.56 Å². The van der Waals surface area contributed by atoms with Gasteiger partial charge in [-0.1, -0.05) is 19.3 Å². The standard InChI is InChI=1S/C17H23N5OS/c1-11(12-6-4-3-5-7-12)18-10-14-19-20-17-21(2)16(23)15-13(22(14)17)8-9-24-15/h8-9,11-12,18H,3-7,10H2,1-2H3. The summed E-state index contributed by atoms with van der Waals surface area (Å²) < 4.78 is 4.35.